The minimum atomic E-state index is -1.13. The third kappa shape index (κ3) is 5.02. The van der Waals surface area contributed by atoms with Crippen LogP contribution in [0.15, 0.2) is 72.8 Å². The molecule has 0 spiro atoms. The van der Waals surface area contributed by atoms with Gasteiger partial charge in [0.1, 0.15) is 5.75 Å². The van der Waals surface area contributed by atoms with E-state index in [-0.39, 0.29) is 17.2 Å². The normalized spacial score (nSPS) is 10.2. The molecule has 0 unspecified atom stereocenters. The van der Waals surface area contributed by atoms with Crippen LogP contribution in [-0.4, -0.2) is 29.5 Å². The number of carbonyl (C=O) groups excluding carboxylic acids is 2. The lowest BCUT2D eigenvalue weighted by Gasteiger charge is -2.10. The van der Waals surface area contributed by atoms with Gasteiger partial charge in [0.05, 0.1) is 17.9 Å². The number of carboxylic acids is 1. The van der Waals surface area contributed by atoms with E-state index in [0.717, 1.165) is 0 Å². The van der Waals surface area contributed by atoms with Crippen LogP contribution >= 0.6 is 0 Å². The van der Waals surface area contributed by atoms with Crippen molar-refractivity contribution >= 4 is 29.2 Å². The SMILES string of the molecule is CCOc1ccc(C(=O)Nc2ccc(C(=O)Nc3ccccc3C(=O)O)cc2)cc1. The molecule has 3 aromatic carbocycles. The first-order valence-electron chi connectivity index (χ1n) is 9.26. The average Bonchev–Trinajstić information content (AvgIpc) is 2.75. The number of anilines is 2. The van der Waals surface area contributed by atoms with Crippen LogP contribution < -0.4 is 15.4 Å². The van der Waals surface area contributed by atoms with Gasteiger partial charge in [0.2, 0.25) is 0 Å². The molecule has 7 nitrogen and oxygen atoms in total. The monoisotopic (exact) mass is 404 g/mol. The van der Waals surface area contributed by atoms with E-state index < -0.39 is 11.9 Å². The quantitative estimate of drug-likeness (QED) is 0.545. The molecule has 0 aliphatic carbocycles. The van der Waals surface area contributed by atoms with Crippen LogP contribution in [0.2, 0.25) is 0 Å². The van der Waals surface area contributed by atoms with E-state index in [4.69, 9.17) is 4.74 Å². The van der Waals surface area contributed by atoms with Gasteiger partial charge >= 0.3 is 5.97 Å². The molecule has 0 aliphatic heterocycles. The number of nitrogens with one attached hydrogen (secondary N) is 2. The van der Waals surface area contributed by atoms with E-state index in [2.05, 4.69) is 10.6 Å². The Hall–Kier alpha value is -4.13. The van der Waals surface area contributed by atoms with Gasteiger partial charge in [-0.25, -0.2) is 4.79 Å². The molecular formula is C23H20N2O5. The molecule has 0 fully saturated rings. The maximum absolute atomic E-state index is 12.4. The Bertz CT molecular complexity index is 1060. The molecule has 0 radical (unpaired) electrons. The van der Waals surface area contributed by atoms with E-state index in [9.17, 15) is 19.5 Å². The maximum atomic E-state index is 12.4. The number of hydrogen-bond donors (Lipinski definition) is 3. The van der Waals surface area contributed by atoms with Crippen molar-refractivity contribution in [3.8, 4) is 5.75 Å². The van der Waals surface area contributed by atoms with E-state index >= 15 is 0 Å². The Kier molecular flexibility index (Phi) is 6.44. The van der Waals surface area contributed by atoms with E-state index in [0.29, 0.717) is 29.2 Å². The lowest BCUT2D eigenvalue weighted by atomic mass is 10.1. The summed E-state index contributed by atoms with van der Waals surface area (Å²) in [6, 6.07) is 19.2. The first kappa shape index (κ1) is 20.6. The van der Waals surface area contributed by atoms with Crippen LogP contribution in [0, 0.1) is 0 Å². The molecular weight excluding hydrogens is 384 g/mol. The first-order chi connectivity index (χ1) is 14.5. The van der Waals surface area contributed by atoms with Crippen LogP contribution in [0.25, 0.3) is 0 Å². The van der Waals surface area contributed by atoms with Gasteiger partial charge in [0.25, 0.3) is 11.8 Å². The van der Waals surface area contributed by atoms with Gasteiger partial charge in [-0.15, -0.1) is 0 Å². The summed E-state index contributed by atoms with van der Waals surface area (Å²) in [5, 5.41) is 14.6. The fourth-order valence-corrected chi connectivity index (χ4v) is 2.75. The van der Waals surface area contributed by atoms with Crippen LogP contribution in [0.1, 0.15) is 38.0 Å². The van der Waals surface area contributed by atoms with Gasteiger partial charge in [0.15, 0.2) is 0 Å². The van der Waals surface area contributed by atoms with E-state index in [1.807, 2.05) is 6.92 Å². The lowest BCUT2D eigenvalue weighted by Crippen LogP contribution is -2.15. The molecule has 152 valence electrons. The van der Waals surface area contributed by atoms with Crippen molar-refractivity contribution in [1.82, 2.24) is 0 Å². The summed E-state index contributed by atoms with van der Waals surface area (Å²) >= 11 is 0. The summed E-state index contributed by atoms with van der Waals surface area (Å²) in [7, 11) is 0. The topological polar surface area (TPSA) is 105 Å². The molecule has 0 atom stereocenters. The predicted molar refractivity (Wildman–Crippen MR) is 113 cm³/mol. The largest absolute Gasteiger partial charge is 0.494 e. The highest BCUT2D eigenvalue weighted by Crippen LogP contribution is 2.18. The molecule has 30 heavy (non-hydrogen) atoms. The number of rotatable bonds is 7. The minimum Gasteiger partial charge on any atom is -0.494 e. The smallest absolute Gasteiger partial charge is 0.337 e. The van der Waals surface area contributed by atoms with Gasteiger partial charge < -0.3 is 20.5 Å². The molecule has 0 saturated carbocycles. The lowest BCUT2D eigenvalue weighted by molar-refractivity contribution is 0.0697. The number of carbonyl (C=O) groups is 3. The predicted octanol–water partition coefficient (Wildman–Crippen LogP) is 4.29. The second-order valence-corrected chi connectivity index (χ2v) is 6.29. The molecule has 0 aromatic heterocycles. The molecule has 3 rings (SSSR count). The Morgan fingerprint density at radius 2 is 1.37 bits per heavy atom. The fourth-order valence-electron chi connectivity index (χ4n) is 2.75. The zero-order valence-corrected chi connectivity index (χ0v) is 16.2. The Labute approximate surface area is 173 Å². The standard InChI is InChI=1S/C23H20N2O5/c1-2-30-18-13-9-16(10-14-18)21(26)24-17-11-7-15(8-12-17)22(27)25-20-6-4-3-5-19(20)23(28)29/h3-14H,2H2,1H3,(H,24,26)(H,25,27)(H,28,29). The zero-order valence-electron chi connectivity index (χ0n) is 16.2. The molecule has 0 heterocycles. The molecule has 3 N–H and O–H groups in total. The number of hydrogen-bond acceptors (Lipinski definition) is 4. The number of amides is 2. The maximum Gasteiger partial charge on any atom is 0.337 e. The summed E-state index contributed by atoms with van der Waals surface area (Å²) < 4.78 is 5.36. The fraction of sp³-hybridized carbons (Fsp3) is 0.0870. The van der Waals surface area contributed by atoms with E-state index in [1.54, 1.807) is 60.7 Å². The van der Waals surface area contributed by atoms with Crippen LogP contribution in [-0.2, 0) is 0 Å². The molecule has 0 aliphatic rings. The summed E-state index contributed by atoms with van der Waals surface area (Å²) in [5.41, 5.74) is 1.55. The summed E-state index contributed by atoms with van der Waals surface area (Å²) in [5.74, 6) is -1.18. The average molecular weight is 404 g/mol. The highest BCUT2D eigenvalue weighted by molar-refractivity contribution is 6.08. The third-order valence-electron chi connectivity index (χ3n) is 4.24. The van der Waals surface area contributed by atoms with Gasteiger partial charge in [-0.1, -0.05) is 12.1 Å². The summed E-state index contributed by atoms with van der Waals surface area (Å²) in [6.45, 7) is 2.43. The van der Waals surface area contributed by atoms with Crippen molar-refractivity contribution in [3.05, 3.63) is 89.5 Å². The summed E-state index contributed by atoms with van der Waals surface area (Å²) in [6.07, 6.45) is 0. The number of benzene rings is 3. The van der Waals surface area contributed by atoms with Crippen molar-refractivity contribution in [1.29, 1.82) is 0 Å². The zero-order chi connectivity index (χ0) is 21.5. The van der Waals surface area contributed by atoms with Crippen LogP contribution in [0.5, 0.6) is 5.75 Å². The first-order valence-corrected chi connectivity index (χ1v) is 9.26. The number of para-hydroxylation sites is 1. The van der Waals surface area contributed by atoms with Gasteiger partial charge in [-0.2, -0.15) is 0 Å². The molecule has 0 saturated heterocycles. The van der Waals surface area contributed by atoms with Crippen molar-refractivity contribution < 1.29 is 24.2 Å². The highest BCUT2D eigenvalue weighted by Gasteiger charge is 2.13. The van der Waals surface area contributed by atoms with Crippen LogP contribution in [0.4, 0.5) is 11.4 Å². The number of aromatic carboxylic acids is 1. The van der Waals surface area contributed by atoms with E-state index in [1.165, 1.54) is 12.1 Å². The van der Waals surface area contributed by atoms with Crippen LogP contribution in [0.3, 0.4) is 0 Å². The Morgan fingerprint density at radius 3 is 1.97 bits per heavy atom. The van der Waals surface area contributed by atoms with Gasteiger partial charge in [-0.05, 0) is 67.6 Å². The second-order valence-electron chi connectivity index (χ2n) is 6.29. The third-order valence-corrected chi connectivity index (χ3v) is 4.24. The van der Waals surface area contributed by atoms with Crippen molar-refractivity contribution in [2.45, 2.75) is 6.92 Å². The Balaban J connectivity index is 1.65. The molecule has 7 heteroatoms. The van der Waals surface area contributed by atoms with Crippen molar-refractivity contribution in [2.75, 3.05) is 17.2 Å². The molecule has 0 bridgehead atoms. The molecule has 3 aromatic rings. The van der Waals surface area contributed by atoms with Crippen molar-refractivity contribution in [3.63, 3.8) is 0 Å². The molecule has 2 amide bonds. The summed E-state index contributed by atoms with van der Waals surface area (Å²) in [4.78, 5) is 36.0. The number of carboxylic acid groups (broad SMARTS) is 1. The van der Waals surface area contributed by atoms with Gasteiger partial charge in [-0.3, -0.25) is 9.59 Å². The van der Waals surface area contributed by atoms with Gasteiger partial charge in [0, 0.05) is 16.8 Å². The highest BCUT2D eigenvalue weighted by atomic mass is 16.5. The van der Waals surface area contributed by atoms with Crippen molar-refractivity contribution in [2.24, 2.45) is 0 Å². The Morgan fingerprint density at radius 1 is 0.800 bits per heavy atom. The minimum absolute atomic E-state index is 0.00471. The number of ether oxygens (including phenoxy) is 1. The second kappa shape index (κ2) is 9.38.